The summed E-state index contributed by atoms with van der Waals surface area (Å²) in [4.78, 5) is 1.09. The molecule has 0 aromatic heterocycles. The molecule has 1 saturated carbocycles. The maximum atomic E-state index is 4.51. The van der Waals surface area contributed by atoms with Crippen LogP contribution in [0.5, 0.6) is 0 Å². The van der Waals surface area contributed by atoms with Crippen LogP contribution in [0.2, 0.25) is 0 Å². The molecule has 86 valence electrons. The molecule has 0 spiro atoms. The quantitative estimate of drug-likeness (QED) is 0.685. The first-order chi connectivity index (χ1) is 7.77. The lowest BCUT2D eigenvalue weighted by molar-refractivity contribution is 0.420. The second kappa shape index (κ2) is 5.58. The highest BCUT2D eigenvalue weighted by Gasteiger charge is 2.11. The molecule has 0 radical (unpaired) electrons. The van der Waals surface area contributed by atoms with Crippen LogP contribution in [0.1, 0.15) is 44.6 Å². The van der Waals surface area contributed by atoms with Crippen LogP contribution in [0.15, 0.2) is 35.2 Å². The van der Waals surface area contributed by atoms with Crippen molar-refractivity contribution in [3.8, 4) is 0 Å². The summed E-state index contributed by atoms with van der Waals surface area (Å²) < 4.78 is 0. The van der Waals surface area contributed by atoms with Crippen LogP contribution in [-0.4, -0.2) is 0 Å². The van der Waals surface area contributed by atoms with E-state index in [0.717, 1.165) is 10.8 Å². The molecule has 0 unspecified atom stereocenters. The van der Waals surface area contributed by atoms with Crippen molar-refractivity contribution in [2.24, 2.45) is 5.92 Å². The SMILES string of the molecule is C/C(=C\C1CCCCC1)c1ccccc1S. The first-order valence-electron chi connectivity index (χ1n) is 6.24. The van der Waals surface area contributed by atoms with Crippen LogP contribution in [0, 0.1) is 5.92 Å². The van der Waals surface area contributed by atoms with E-state index in [-0.39, 0.29) is 0 Å². The van der Waals surface area contributed by atoms with E-state index in [1.165, 1.54) is 43.2 Å². The minimum absolute atomic E-state index is 0.793. The van der Waals surface area contributed by atoms with Gasteiger partial charge in [-0.15, -0.1) is 12.6 Å². The monoisotopic (exact) mass is 232 g/mol. The van der Waals surface area contributed by atoms with Gasteiger partial charge in [-0.2, -0.15) is 0 Å². The Balaban J connectivity index is 2.14. The van der Waals surface area contributed by atoms with Crippen molar-refractivity contribution in [1.82, 2.24) is 0 Å². The fourth-order valence-electron chi connectivity index (χ4n) is 2.55. The zero-order valence-corrected chi connectivity index (χ0v) is 10.8. The molecule has 0 amide bonds. The van der Waals surface area contributed by atoms with Crippen LogP contribution in [0.3, 0.4) is 0 Å². The van der Waals surface area contributed by atoms with Crippen molar-refractivity contribution in [2.75, 3.05) is 0 Å². The number of rotatable bonds is 2. The van der Waals surface area contributed by atoms with E-state index in [1.54, 1.807) is 0 Å². The van der Waals surface area contributed by atoms with Gasteiger partial charge in [-0.3, -0.25) is 0 Å². The fraction of sp³-hybridized carbons (Fsp3) is 0.467. The van der Waals surface area contributed by atoms with Gasteiger partial charge in [-0.05, 0) is 42.9 Å². The van der Waals surface area contributed by atoms with E-state index in [2.05, 4.69) is 43.8 Å². The Kier molecular flexibility index (Phi) is 4.11. The molecule has 2 rings (SSSR count). The van der Waals surface area contributed by atoms with Crippen LogP contribution < -0.4 is 0 Å². The van der Waals surface area contributed by atoms with Crippen molar-refractivity contribution in [2.45, 2.75) is 43.9 Å². The predicted octanol–water partition coefficient (Wildman–Crippen LogP) is 4.96. The van der Waals surface area contributed by atoms with Gasteiger partial charge in [-0.25, -0.2) is 0 Å². The average molecular weight is 232 g/mol. The van der Waals surface area contributed by atoms with E-state index >= 15 is 0 Å². The van der Waals surface area contributed by atoms with Crippen LogP contribution >= 0.6 is 12.6 Å². The Labute approximate surface area is 104 Å². The summed E-state index contributed by atoms with van der Waals surface area (Å²) in [6.07, 6.45) is 9.41. The average Bonchev–Trinajstić information content (AvgIpc) is 2.31. The van der Waals surface area contributed by atoms with Gasteiger partial charge in [0, 0.05) is 4.90 Å². The highest BCUT2D eigenvalue weighted by atomic mass is 32.1. The van der Waals surface area contributed by atoms with Gasteiger partial charge >= 0.3 is 0 Å². The second-order valence-electron chi connectivity index (χ2n) is 4.76. The minimum atomic E-state index is 0.793. The Bertz CT molecular complexity index is 373. The van der Waals surface area contributed by atoms with E-state index in [9.17, 15) is 0 Å². The molecular formula is C15H20S. The van der Waals surface area contributed by atoms with Gasteiger partial charge in [0.1, 0.15) is 0 Å². The minimum Gasteiger partial charge on any atom is -0.143 e. The normalized spacial score (nSPS) is 18.8. The molecule has 0 heterocycles. The van der Waals surface area contributed by atoms with Crippen molar-refractivity contribution < 1.29 is 0 Å². The third-order valence-electron chi connectivity index (χ3n) is 3.46. The molecule has 1 aliphatic carbocycles. The predicted molar refractivity (Wildman–Crippen MR) is 73.9 cm³/mol. The molecule has 16 heavy (non-hydrogen) atoms. The zero-order chi connectivity index (χ0) is 11.4. The van der Waals surface area contributed by atoms with Gasteiger partial charge in [-0.1, -0.05) is 43.5 Å². The molecule has 0 atom stereocenters. The van der Waals surface area contributed by atoms with Crippen molar-refractivity contribution >= 4 is 18.2 Å². The Hall–Kier alpha value is -0.690. The molecular weight excluding hydrogens is 212 g/mol. The van der Waals surface area contributed by atoms with Crippen LogP contribution in [0.4, 0.5) is 0 Å². The highest BCUT2D eigenvalue weighted by Crippen LogP contribution is 2.29. The van der Waals surface area contributed by atoms with Gasteiger partial charge < -0.3 is 0 Å². The summed E-state index contributed by atoms with van der Waals surface area (Å²) in [5.74, 6) is 0.793. The number of benzene rings is 1. The summed E-state index contributed by atoms with van der Waals surface area (Å²) >= 11 is 4.51. The fourth-order valence-corrected chi connectivity index (χ4v) is 2.89. The standard InChI is InChI=1S/C15H20S/c1-12(11-13-7-3-2-4-8-13)14-9-5-6-10-15(14)16/h5-6,9-11,13,16H,2-4,7-8H2,1H3/b12-11+. The summed E-state index contributed by atoms with van der Waals surface area (Å²) in [6, 6.07) is 8.36. The molecule has 1 aromatic rings. The zero-order valence-electron chi connectivity index (χ0n) is 9.95. The largest absolute Gasteiger partial charge is 0.143 e. The first-order valence-corrected chi connectivity index (χ1v) is 6.69. The van der Waals surface area contributed by atoms with E-state index in [4.69, 9.17) is 0 Å². The molecule has 1 aliphatic rings. The van der Waals surface area contributed by atoms with Crippen molar-refractivity contribution in [3.05, 3.63) is 35.9 Å². The molecule has 1 aromatic carbocycles. The number of hydrogen-bond donors (Lipinski definition) is 1. The highest BCUT2D eigenvalue weighted by molar-refractivity contribution is 7.80. The third kappa shape index (κ3) is 2.91. The lowest BCUT2D eigenvalue weighted by atomic mass is 9.87. The van der Waals surface area contributed by atoms with E-state index < -0.39 is 0 Å². The smallest absolute Gasteiger partial charge is 0.0115 e. The summed E-state index contributed by atoms with van der Waals surface area (Å²) in [5.41, 5.74) is 2.67. The maximum Gasteiger partial charge on any atom is 0.0115 e. The molecule has 0 bridgehead atoms. The van der Waals surface area contributed by atoms with Gasteiger partial charge in [0.05, 0.1) is 0 Å². The Morgan fingerprint density at radius 1 is 1.19 bits per heavy atom. The summed E-state index contributed by atoms with van der Waals surface area (Å²) in [6.45, 7) is 2.21. The van der Waals surface area contributed by atoms with Crippen molar-refractivity contribution in [1.29, 1.82) is 0 Å². The third-order valence-corrected chi connectivity index (χ3v) is 3.85. The van der Waals surface area contributed by atoms with Crippen molar-refractivity contribution in [3.63, 3.8) is 0 Å². The molecule has 0 N–H and O–H groups in total. The maximum absolute atomic E-state index is 4.51. The molecule has 0 nitrogen and oxygen atoms in total. The Morgan fingerprint density at radius 3 is 2.56 bits per heavy atom. The lowest BCUT2D eigenvalue weighted by Gasteiger charge is -2.19. The van der Waals surface area contributed by atoms with E-state index in [1.807, 2.05) is 6.07 Å². The number of hydrogen-bond acceptors (Lipinski definition) is 1. The number of allylic oxidation sites excluding steroid dienone is 2. The molecule has 0 aliphatic heterocycles. The van der Waals surface area contributed by atoms with Gasteiger partial charge in [0.25, 0.3) is 0 Å². The number of thiol groups is 1. The van der Waals surface area contributed by atoms with Gasteiger partial charge in [0.15, 0.2) is 0 Å². The molecule has 1 fully saturated rings. The molecule has 1 heteroatoms. The Morgan fingerprint density at radius 2 is 1.88 bits per heavy atom. The molecule has 0 saturated heterocycles. The second-order valence-corrected chi connectivity index (χ2v) is 5.25. The van der Waals surface area contributed by atoms with Crippen LogP contribution in [-0.2, 0) is 0 Å². The summed E-state index contributed by atoms with van der Waals surface area (Å²) in [7, 11) is 0. The van der Waals surface area contributed by atoms with Gasteiger partial charge in [0.2, 0.25) is 0 Å². The first kappa shape index (κ1) is 11.8. The van der Waals surface area contributed by atoms with Crippen LogP contribution in [0.25, 0.3) is 5.57 Å². The summed E-state index contributed by atoms with van der Waals surface area (Å²) in [5, 5.41) is 0. The lowest BCUT2D eigenvalue weighted by Crippen LogP contribution is -2.03. The van der Waals surface area contributed by atoms with E-state index in [0.29, 0.717) is 0 Å². The topological polar surface area (TPSA) is 0 Å².